The number of aliphatic hydroxyl groups is 1. The van der Waals surface area contributed by atoms with E-state index in [-0.39, 0.29) is 18.1 Å². The zero-order chi connectivity index (χ0) is 13.6. The summed E-state index contributed by atoms with van der Waals surface area (Å²) in [4.78, 5) is 0. The Morgan fingerprint density at radius 1 is 0.944 bits per heavy atom. The molecular weight excluding hydrogens is 236 g/mol. The van der Waals surface area contributed by atoms with Crippen LogP contribution in [0.4, 0.5) is 0 Å². The van der Waals surface area contributed by atoms with Crippen molar-refractivity contribution < 1.29 is 24.1 Å². The summed E-state index contributed by atoms with van der Waals surface area (Å²) in [6, 6.07) is 0. The lowest BCUT2D eigenvalue weighted by Crippen LogP contribution is -2.41. The second-order valence-corrected chi connectivity index (χ2v) is 6.08. The summed E-state index contributed by atoms with van der Waals surface area (Å²) in [7, 11) is 0. The maximum Gasteiger partial charge on any atom is 0.163 e. The van der Waals surface area contributed by atoms with E-state index in [1.807, 2.05) is 34.6 Å². The Hall–Kier alpha value is -0.200. The van der Waals surface area contributed by atoms with Crippen molar-refractivity contribution in [2.45, 2.75) is 64.5 Å². The molecule has 2 saturated heterocycles. The molecule has 2 fully saturated rings. The van der Waals surface area contributed by atoms with Crippen LogP contribution in [0.5, 0.6) is 0 Å². The number of rotatable bonds is 3. The number of aliphatic hydroxyl groups excluding tert-OH is 1. The van der Waals surface area contributed by atoms with Crippen LogP contribution in [0.3, 0.4) is 0 Å². The van der Waals surface area contributed by atoms with E-state index in [0.717, 1.165) is 0 Å². The minimum Gasteiger partial charge on any atom is -0.390 e. The summed E-state index contributed by atoms with van der Waals surface area (Å²) >= 11 is 0. The highest BCUT2D eigenvalue weighted by molar-refractivity contribution is 4.86. The van der Waals surface area contributed by atoms with Crippen LogP contribution in [0, 0.1) is 5.92 Å². The molecule has 2 rings (SSSR count). The Morgan fingerprint density at radius 2 is 1.39 bits per heavy atom. The molecule has 5 heteroatoms. The van der Waals surface area contributed by atoms with Crippen molar-refractivity contribution in [3.05, 3.63) is 0 Å². The first kappa shape index (κ1) is 14.2. The molecule has 0 saturated carbocycles. The van der Waals surface area contributed by atoms with Crippen molar-refractivity contribution in [1.82, 2.24) is 0 Å². The van der Waals surface area contributed by atoms with Crippen molar-refractivity contribution in [3.63, 3.8) is 0 Å². The van der Waals surface area contributed by atoms with Crippen LogP contribution in [-0.4, -0.2) is 48.2 Å². The molecule has 1 N–H and O–H groups in total. The highest BCUT2D eigenvalue weighted by Gasteiger charge is 2.44. The van der Waals surface area contributed by atoms with Gasteiger partial charge in [-0.1, -0.05) is 6.92 Å². The fraction of sp³-hybridized carbons (Fsp3) is 1.00. The van der Waals surface area contributed by atoms with Crippen LogP contribution in [-0.2, 0) is 18.9 Å². The van der Waals surface area contributed by atoms with E-state index >= 15 is 0 Å². The van der Waals surface area contributed by atoms with Gasteiger partial charge in [-0.3, -0.25) is 0 Å². The SMILES string of the molecule is CC(C1COC(C)(C)O1)C(O)C1COC(C)(C)O1. The smallest absolute Gasteiger partial charge is 0.163 e. The summed E-state index contributed by atoms with van der Waals surface area (Å²) in [6.07, 6.45) is -1.03. The van der Waals surface area contributed by atoms with Gasteiger partial charge < -0.3 is 24.1 Å². The summed E-state index contributed by atoms with van der Waals surface area (Å²) < 4.78 is 22.4. The lowest BCUT2D eigenvalue weighted by atomic mass is 9.94. The number of hydrogen-bond donors (Lipinski definition) is 1. The van der Waals surface area contributed by atoms with Crippen LogP contribution in [0.25, 0.3) is 0 Å². The van der Waals surface area contributed by atoms with Gasteiger partial charge >= 0.3 is 0 Å². The Bertz CT molecular complexity index is 272. The first-order valence-electron chi connectivity index (χ1n) is 6.52. The summed E-state index contributed by atoms with van der Waals surface area (Å²) in [5.74, 6) is -1.24. The second kappa shape index (κ2) is 4.72. The maximum atomic E-state index is 10.3. The van der Waals surface area contributed by atoms with E-state index in [9.17, 15) is 5.11 Å². The molecule has 2 aliphatic rings. The Morgan fingerprint density at radius 3 is 1.78 bits per heavy atom. The van der Waals surface area contributed by atoms with Gasteiger partial charge in [0.05, 0.1) is 25.4 Å². The van der Waals surface area contributed by atoms with Crippen LogP contribution in [0.15, 0.2) is 0 Å². The van der Waals surface area contributed by atoms with Crippen molar-refractivity contribution in [2.75, 3.05) is 13.2 Å². The van der Waals surface area contributed by atoms with Crippen molar-refractivity contribution in [3.8, 4) is 0 Å². The third kappa shape index (κ3) is 3.03. The molecule has 106 valence electrons. The molecule has 0 amide bonds. The van der Waals surface area contributed by atoms with Gasteiger partial charge in [0.1, 0.15) is 6.10 Å². The third-order valence-corrected chi connectivity index (χ3v) is 3.57. The molecular formula is C13H24O5. The zero-order valence-electron chi connectivity index (χ0n) is 11.8. The minimum atomic E-state index is -0.616. The van der Waals surface area contributed by atoms with E-state index < -0.39 is 17.7 Å². The third-order valence-electron chi connectivity index (χ3n) is 3.57. The molecule has 0 spiro atoms. The van der Waals surface area contributed by atoms with E-state index in [1.165, 1.54) is 0 Å². The largest absolute Gasteiger partial charge is 0.390 e. The predicted octanol–water partition coefficient (Wildman–Crippen LogP) is 1.29. The standard InChI is InChI=1S/C13H24O5/c1-8(9-6-15-12(2,3)17-9)11(14)10-7-16-13(4,5)18-10/h8-11,14H,6-7H2,1-5H3. The van der Waals surface area contributed by atoms with Crippen LogP contribution < -0.4 is 0 Å². The van der Waals surface area contributed by atoms with Gasteiger partial charge in [-0.2, -0.15) is 0 Å². The van der Waals surface area contributed by atoms with Gasteiger partial charge in [0.2, 0.25) is 0 Å². The molecule has 0 radical (unpaired) electrons. The van der Waals surface area contributed by atoms with Gasteiger partial charge in [0.15, 0.2) is 11.6 Å². The van der Waals surface area contributed by atoms with Crippen LogP contribution >= 0.6 is 0 Å². The molecule has 2 aliphatic heterocycles. The monoisotopic (exact) mass is 260 g/mol. The van der Waals surface area contributed by atoms with Crippen molar-refractivity contribution in [1.29, 1.82) is 0 Å². The first-order valence-corrected chi connectivity index (χ1v) is 6.52. The molecule has 0 aromatic carbocycles. The van der Waals surface area contributed by atoms with E-state index in [4.69, 9.17) is 18.9 Å². The summed E-state index contributed by atoms with van der Waals surface area (Å²) in [5, 5.41) is 10.3. The molecule has 2 heterocycles. The first-order chi connectivity index (χ1) is 8.20. The fourth-order valence-corrected chi connectivity index (χ4v) is 2.42. The number of ether oxygens (including phenoxy) is 4. The Kier molecular flexibility index (Phi) is 3.73. The molecule has 5 nitrogen and oxygen atoms in total. The normalized spacial score (nSPS) is 37.7. The average Bonchev–Trinajstić information content (AvgIpc) is 2.79. The van der Waals surface area contributed by atoms with Crippen molar-refractivity contribution in [2.24, 2.45) is 5.92 Å². The second-order valence-electron chi connectivity index (χ2n) is 6.08. The molecule has 0 aromatic rings. The maximum absolute atomic E-state index is 10.3. The van der Waals surface area contributed by atoms with E-state index in [1.54, 1.807) is 0 Å². The van der Waals surface area contributed by atoms with E-state index in [2.05, 4.69) is 0 Å². The van der Waals surface area contributed by atoms with Crippen molar-refractivity contribution >= 4 is 0 Å². The Labute approximate surface area is 108 Å². The van der Waals surface area contributed by atoms with Gasteiger partial charge in [-0.15, -0.1) is 0 Å². The summed E-state index contributed by atoms with van der Waals surface area (Å²) in [6.45, 7) is 10.3. The van der Waals surface area contributed by atoms with Gasteiger partial charge in [0.25, 0.3) is 0 Å². The Balaban J connectivity index is 1.92. The number of hydrogen-bond acceptors (Lipinski definition) is 5. The fourth-order valence-electron chi connectivity index (χ4n) is 2.42. The lowest BCUT2D eigenvalue weighted by Gasteiger charge is -2.28. The van der Waals surface area contributed by atoms with Gasteiger partial charge in [-0.05, 0) is 27.7 Å². The van der Waals surface area contributed by atoms with Crippen LogP contribution in [0.2, 0.25) is 0 Å². The predicted molar refractivity (Wildman–Crippen MR) is 65.0 cm³/mol. The highest BCUT2D eigenvalue weighted by atomic mass is 16.8. The van der Waals surface area contributed by atoms with Gasteiger partial charge in [-0.25, -0.2) is 0 Å². The zero-order valence-corrected chi connectivity index (χ0v) is 11.8. The lowest BCUT2D eigenvalue weighted by molar-refractivity contribution is -0.169. The molecule has 18 heavy (non-hydrogen) atoms. The average molecular weight is 260 g/mol. The molecule has 4 unspecified atom stereocenters. The minimum absolute atomic E-state index is 0.0609. The topological polar surface area (TPSA) is 57.2 Å². The van der Waals surface area contributed by atoms with E-state index in [0.29, 0.717) is 13.2 Å². The quantitative estimate of drug-likeness (QED) is 0.828. The summed E-state index contributed by atoms with van der Waals surface area (Å²) in [5.41, 5.74) is 0. The highest BCUT2D eigenvalue weighted by Crippen LogP contribution is 2.32. The molecule has 0 bridgehead atoms. The molecule has 0 aliphatic carbocycles. The van der Waals surface area contributed by atoms with Gasteiger partial charge in [0, 0.05) is 5.92 Å². The molecule has 0 aromatic heterocycles. The van der Waals surface area contributed by atoms with Crippen LogP contribution in [0.1, 0.15) is 34.6 Å². The molecule has 4 atom stereocenters.